The van der Waals surface area contributed by atoms with Gasteiger partial charge >= 0.3 is 0 Å². The van der Waals surface area contributed by atoms with Crippen molar-refractivity contribution < 1.29 is 9.47 Å². The zero-order valence-electron chi connectivity index (χ0n) is 11.9. The van der Waals surface area contributed by atoms with Crippen molar-refractivity contribution in [3.05, 3.63) is 33.3 Å². The maximum atomic E-state index is 6.33. The molecule has 1 atom stereocenters. The van der Waals surface area contributed by atoms with E-state index >= 15 is 0 Å². The van der Waals surface area contributed by atoms with Gasteiger partial charge in [-0.15, -0.1) is 0 Å². The number of nitrogens with one attached hydrogen (secondary N) is 1. The normalized spacial score (nSPS) is 19.8. The average molecular weight is 363 g/mol. The molecule has 0 saturated carbocycles. The van der Waals surface area contributed by atoms with Gasteiger partial charge in [0.25, 0.3) is 0 Å². The van der Waals surface area contributed by atoms with E-state index in [-0.39, 0.29) is 11.6 Å². The van der Waals surface area contributed by atoms with Crippen molar-refractivity contribution >= 4 is 27.5 Å². The Morgan fingerprint density at radius 2 is 2.15 bits per heavy atom. The van der Waals surface area contributed by atoms with Gasteiger partial charge in [0.1, 0.15) is 0 Å². The smallest absolute Gasteiger partial charge is 0.0877 e. The number of likely N-dealkylation sites (N-methyl/N-ethyl adjacent to an activating group) is 1. The number of hydrogen-bond donors (Lipinski definition) is 1. The molecule has 5 heteroatoms. The number of ether oxygens (including phenoxy) is 2. The van der Waals surface area contributed by atoms with Crippen molar-refractivity contribution in [3.8, 4) is 0 Å². The third kappa shape index (κ3) is 3.55. The molecule has 0 bridgehead atoms. The molecule has 1 aromatic rings. The molecule has 1 unspecified atom stereocenters. The van der Waals surface area contributed by atoms with Crippen molar-refractivity contribution in [1.29, 1.82) is 0 Å². The predicted molar refractivity (Wildman–Crippen MR) is 85.5 cm³/mol. The first-order valence-electron chi connectivity index (χ1n) is 6.85. The first-order chi connectivity index (χ1) is 9.61. The van der Waals surface area contributed by atoms with Crippen LogP contribution in [0.4, 0.5) is 0 Å². The van der Waals surface area contributed by atoms with Gasteiger partial charge in [-0.2, -0.15) is 0 Å². The molecule has 1 fully saturated rings. The van der Waals surface area contributed by atoms with Crippen molar-refractivity contribution in [2.24, 2.45) is 0 Å². The molecule has 112 valence electrons. The van der Waals surface area contributed by atoms with Gasteiger partial charge in [0.15, 0.2) is 0 Å². The van der Waals surface area contributed by atoms with Crippen LogP contribution in [0, 0.1) is 0 Å². The molecule has 0 aliphatic carbocycles. The summed E-state index contributed by atoms with van der Waals surface area (Å²) in [7, 11) is 3.77. The predicted octanol–water partition coefficient (Wildman–Crippen LogP) is 3.43. The molecule has 0 aromatic heterocycles. The summed E-state index contributed by atoms with van der Waals surface area (Å²) in [6.45, 7) is 1.50. The van der Waals surface area contributed by atoms with Gasteiger partial charge in [0.2, 0.25) is 0 Å². The first-order valence-corrected chi connectivity index (χ1v) is 8.02. The van der Waals surface area contributed by atoms with Crippen molar-refractivity contribution in [1.82, 2.24) is 5.32 Å². The Bertz CT molecular complexity index is 449. The largest absolute Gasteiger partial charge is 0.381 e. The van der Waals surface area contributed by atoms with Gasteiger partial charge in [-0.3, -0.25) is 0 Å². The van der Waals surface area contributed by atoms with E-state index in [1.54, 1.807) is 7.11 Å². The number of hydrogen-bond acceptors (Lipinski definition) is 3. The average Bonchev–Trinajstić information content (AvgIpc) is 2.47. The number of rotatable bonds is 5. The fourth-order valence-electron chi connectivity index (χ4n) is 2.87. The Morgan fingerprint density at radius 1 is 1.45 bits per heavy atom. The molecule has 3 nitrogen and oxygen atoms in total. The zero-order valence-corrected chi connectivity index (χ0v) is 14.3. The Kier molecular flexibility index (Phi) is 5.87. The summed E-state index contributed by atoms with van der Waals surface area (Å²) in [5.74, 6) is 0. The lowest BCUT2D eigenvalue weighted by molar-refractivity contribution is -0.109. The summed E-state index contributed by atoms with van der Waals surface area (Å²) in [4.78, 5) is 0. The minimum Gasteiger partial charge on any atom is -0.381 e. The lowest BCUT2D eigenvalue weighted by Gasteiger charge is -2.42. The first kappa shape index (κ1) is 16.2. The second-order valence-corrected chi connectivity index (χ2v) is 6.49. The standard InChI is InChI=1S/C15H21BrClNO2/c1-18-14(15(19-2)5-7-20-8-6-15)9-11-3-4-12(16)10-13(11)17/h3-4,10,14,18H,5-9H2,1-2H3. The summed E-state index contributed by atoms with van der Waals surface area (Å²) < 4.78 is 12.3. The van der Waals surface area contributed by atoms with Gasteiger partial charge < -0.3 is 14.8 Å². The van der Waals surface area contributed by atoms with Crippen LogP contribution in [0.2, 0.25) is 5.02 Å². The molecule has 1 heterocycles. The number of methoxy groups -OCH3 is 1. The lowest BCUT2D eigenvalue weighted by atomic mass is 9.82. The fourth-order valence-corrected chi connectivity index (χ4v) is 3.62. The van der Waals surface area contributed by atoms with E-state index in [0.29, 0.717) is 0 Å². The van der Waals surface area contributed by atoms with Crippen molar-refractivity contribution in [2.45, 2.75) is 30.9 Å². The third-order valence-corrected chi connectivity index (χ3v) is 5.01. The van der Waals surface area contributed by atoms with E-state index in [2.05, 4.69) is 27.3 Å². The third-order valence-electron chi connectivity index (χ3n) is 4.17. The molecule has 1 aliphatic heterocycles. The summed E-state index contributed by atoms with van der Waals surface area (Å²) in [6.07, 6.45) is 2.66. The highest BCUT2D eigenvalue weighted by atomic mass is 79.9. The van der Waals surface area contributed by atoms with Gasteiger partial charge in [-0.25, -0.2) is 0 Å². The maximum Gasteiger partial charge on any atom is 0.0877 e. The van der Waals surface area contributed by atoms with Crippen LogP contribution in [0.15, 0.2) is 22.7 Å². The van der Waals surface area contributed by atoms with Gasteiger partial charge in [-0.1, -0.05) is 33.6 Å². The van der Waals surface area contributed by atoms with E-state index in [0.717, 1.165) is 47.5 Å². The topological polar surface area (TPSA) is 30.5 Å². The summed E-state index contributed by atoms with van der Waals surface area (Å²) in [5, 5.41) is 4.19. The van der Waals surface area contributed by atoms with Crippen LogP contribution in [-0.2, 0) is 15.9 Å². The lowest BCUT2D eigenvalue weighted by Crippen LogP contribution is -2.55. The van der Waals surface area contributed by atoms with Crippen LogP contribution in [0.3, 0.4) is 0 Å². The van der Waals surface area contributed by atoms with Crippen LogP contribution in [-0.4, -0.2) is 39.0 Å². The molecular weight excluding hydrogens is 342 g/mol. The van der Waals surface area contributed by atoms with Crippen molar-refractivity contribution in [2.75, 3.05) is 27.4 Å². The fraction of sp³-hybridized carbons (Fsp3) is 0.600. The van der Waals surface area contributed by atoms with Crippen LogP contribution in [0.5, 0.6) is 0 Å². The molecular formula is C15H21BrClNO2. The second-order valence-electron chi connectivity index (χ2n) is 5.16. The molecule has 0 radical (unpaired) electrons. The van der Waals surface area contributed by atoms with Crippen LogP contribution in [0.25, 0.3) is 0 Å². The number of benzene rings is 1. The summed E-state index contributed by atoms with van der Waals surface area (Å²) >= 11 is 9.77. The van der Waals surface area contributed by atoms with E-state index < -0.39 is 0 Å². The highest BCUT2D eigenvalue weighted by molar-refractivity contribution is 9.10. The van der Waals surface area contributed by atoms with Crippen LogP contribution < -0.4 is 5.32 Å². The quantitative estimate of drug-likeness (QED) is 0.870. The molecule has 1 saturated heterocycles. The Hall–Kier alpha value is -0.130. The minimum absolute atomic E-state index is 0.177. The summed E-state index contributed by atoms with van der Waals surface area (Å²) in [6, 6.07) is 6.25. The SMILES string of the molecule is CNC(Cc1ccc(Br)cc1Cl)C1(OC)CCOCC1. The maximum absolute atomic E-state index is 6.33. The summed E-state index contributed by atoms with van der Waals surface area (Å²) in [5.41, 5.74) is 0.959. The van der Waals surface area contributed by atoms with E-state index in [1.807, 2.05) is 19.2 Å². The van der Waals surface area contributed by atoms with Crippen LogP contribution in [0.1, 0.15) is 18.4 Å². The molecule has 1 N–H and O–H groups in total. The van der Waals surface area contributed by atoms with Crippen molar-refractivity contribution in [3.63, 3.8) is 0 Å². The van der Waals surface area contributed by atoms with E-state index in [4.69, 9.17) is 21.1 Å². The molecule has 2 rings (SSSR count). The Labute approximate surface area is 134 Å². The number of halogens is 2. The monoisotopic (exact) mass is 361 g/mol. The second kappa shape index (κ2) is 7.23. The van der Waals surface area contributed by atoms with Gasteiger partial charge in [0, 0.05) is 48.7 Å². The van der Waals surface area contributed by atoms with E-state index in [1.165, 1.54) is 0 Å². The van der Waals surface area contributed by atoms with Gasteiger partial charge in [0.05, 0.1) is 5.60 Å². The minimum atomic E-state index is -0.177. The molecule has 0 spiro atoms. The Morgan fingerprint density at radius 3 is 2.70 bits per heavy atom. The highest BCUT2D eigenvalue weighted by Gasteiger charge is 2.40. The molecule has 0 amide bonds. The molecule has 1 aromatic carbocycles. The zero-order chi connectivity index (χ0) is 14.6. The molecule has 1 aliphatic rings. The highest BCUT2D eigenvalue weighted by Crippen LogP contribution is 2.32. The van der Waals surface area contributed by atoms with E-state index in [9.17, 15) is 0 Å². The Balaban J connectivity index is 2.18. The molecule has 20 heavy (non-hydrogen) atoms. The van der Waals surface area contributed by atoms with Gasteiger partial charge in [-0.05, 0) is 31.2 Å². The van der Waals surface area contributed by atoms with Crippen LogP contribution >= 0.6 is 27.5 Å².